The van der Waals surface area contributed by atoms with E-state index in [9.17, 15) is 0 Å². The standard InChI is InChI=1S/C9H15N3/c1-12-7-8(6-11-12)9(2-3-9)4-5-10/h6-7H,2-5,10H2,1H3. The monoisotopic (exact) mass is 165 g/mol. The van der Waals surface area contributed by atoms with E-state index in [4.69, 9.17) is 5.73 Å². The molecule has 0 unspecified atom stereocenters. The summed E-state index contributed by atoms with van der Waals surface area (Å²) >= 11 is 0. The van der Waals surface area contributed by atoms with Crippen molar-refractivity contribution in [1.82, 2.24) is 9.78 Å². The number of rotatable bonds is 3. The van der Waals surface area contributed by atoms with Crippen LogP contribution in [0.1, 0.15) is 24.8 Å². The third-order valence-corrected chi connectivity index (χ3v) is 2.79. The fourth-order valence-corrected chi connectivity index (χ4v) is 1.81. The predicted molar refractivity (Wildman–Crippen MR) is 47.8 cm³/mol. The highest BCUT2D eigenvalue weighted by Gasteiger charge is 2.43. The molecule has 1 fully saturated rings. The van der Waals surface area contributed by atoms with Gasteiger partial charge in [0.1, 0.15) is 0 Å². The van der Waals surface area contributed by atoms with Crippen molar-refractivity contribution in [3.8, 4) is 0 Å². The number of nitrogens with zero attached hydrogens (tertiary/aromatic N) is 2. The molecular formula is C9H15N3. The minimum absolute atomic E-state index is 0.406. The lowest BCUT2D eigenvalue weighted by molar-refractivity contribution is 0.628. The molecule has 3 nitrogen and oxygen atoms in total. The van der Waals surface area contributed by atoms with Gasteiger partial charge in [0, 0.05) is 13.2 Å². The molecule has 1 aromatic rings. The molecule has 1 saturated carbocycles. The molecule has 0 bridgehead atoms. The van der Waals surface area contributed by atoms with E-state index in [1.807, 2.05) is 17.9 Å². The average Bonchev–Trinajstić information content (AvgIpc) is 2.69. The Morgan fingerprint density at radius 3 is 2.83 bits per heavy atom. The van der Waals surface area contributed by atoms with Crippen molar-refractivity contribution < 1.29 is 0 Å². The summed E-state index contributed by atoms with van der Waals surface area (Å²) in [5.41, 5.74) is 7.35. The normalized spacial score (nSPS) is 19.5. The molecule has 0 atom stereocenters. The highest BCUT2D eigenvalue weighted by Crippen LogP contribution is 2.50. The first-order valence-corrected chi connectivity index (χ1v) is 4.46. The average molecular weight is 165 g/mol. The van der Waals surface area contributed by atoms with Gasteiger partial charge < -0.3 is 5.73 Å². The lowest BCUT2D eigenvalue weighted by atomic mass is 9.96. The molecule has 1 aliphatic rings. The Bertz CT molecular complexity index is 273. The van der Waals surface area contributed by atoms with Gasteiger partial charge in [0.05, 0.1) is 6.20 Å². The van der Waals surface area contributed by atoms with Crippen molar-refractivity contribution in [3.05, 3.63) is 18.0 Å². The van der Waals surface area contributed by atoms with E-state index in [0.29, 0.717) is 5.41 Å². The Hall–Kier alpha value is -0.830. The van der Waals surface area contributed by atoms with Crippen LogP contribution in [0.25, 0.3) is 0 Å². The van der Waals surface area contributed by atoms with Crippen LogP contribution in [0.5, 0.6) is 0 Å². The zero-order valence-corrected chi connectivity index (χ0v) is 7.45. The second kappa shape index (κ2) is 2.59. The van der Waals surface area contributed by atoms with E-state index < -0.39 is 0 Å². The predicted octanol–water partition coefficient (Wildman–Crippen LogP) is 0.800. The van der Waals surface area contributed by atoms with Gasteiger partial charge in [-0.3, -0.25) is 4.68 Å². The van der Waals surface area contributed by atoms with Crippen LogP contribution >= 0.6 is 0 Å². The van der Waals surface area contributed by atoms with Gasteiger partial charge in [-0.25, -0.2) is 0 Å². The van der Waals surface area contributed by atoms with Crippen molar-refractivity contribution in [1.29, 1.82) is 0 Å². The lowest BCUT2D eigenvalue weighted by Crippen LogP contribution is -2.12. The molecule has 2 rings (SSSR count). The largest absolute Gasteiger partial charge is 0.330 e. The fourth-order valence-electron chi connectivity index (χ4n) is 1.81. The molecule has 3 heteroatoms. The summed E-state index contributed by atoms with van der Waals surface area (Å²) in [6, 6.07) is 0. The highest BCUT2D eigenvalue weighted by molar-refractivity contribution is 5.26. The summed E-state index contributed by atoms with van der Waals surface area (Å²) in [6.07, 6.45) is 7.77. The molecule has 1 aliphatic carbocycles. The Morgan fingerprint density at radius 1 is 1.67 bits per heavy atom. The molecular weight excluding hydrogens is 150 g/mol. The molecule has 0 aromatic carbocycles. The first kappa shape index (κ1) is 7.80. The van der Waals surface area contributed by atoms with E-state index in [0.717, 1.165) is 13.0 Å². The lowest BCUT2D eigenvalue weighted by Gasteiger charge is -2.09. The van der Waals surface area contributed by atoms with E-state index >= 15 is 0 Å². The van der Waals surface area contributed by atoms with Crippen molar-refractivity contribution >= 4 is 0 Å². The summed E-state index contributed by atoms with van der Waals surface area (Å²) < 4.78 is 1.87. The zero-order chi connectivity index (χ0) is 8.60. The van der Waals surface area contributed by atoms with Gasteiger partial charge in [0.15, 0.2) is 0 Å². The van der Waals surface area contributed by atoms with Crippen molar-refractivity contribution in [3.63, 3.8) is 0 Å². The first-order chi connectivity index (χ1) is 5.77. The second-order valence-corrected chi connectivity index (χ2v) is 3.72. The van der Waals surface area contributed by atoms with E-state index in [1.54, 1.807) is 0 Å². The molecule has 1 aromatic heterocycles. The smallest absolute Gasteiger partial charge is 0.0527 e. The van der Waals surface area contributed by atoms with Crippen molar-refractivity contribution in [2.45, 2.75) is 24.7 Å². The van der Waals surface area contributed by atoms with Gasteiger partial charge in [0.25, 0.3) is 0 Å². The van der Waals surface area contributed by atoms with Gasteiger partial charge in [-0.2, -0.15) is 5.10 Å². The van der Waals surface area contributed by atoms with Crippen LogP contribution in [0.3, 0.4) is 0 Å². The quantitative estimate of drug-likeness (QED) is 0.720. The Balaban J connectivity index is 2.18. The van der Waals surface area contributed by atoms with E-state index in [2.05, 4.69) is 11.3 Å². The zero-order valence-electron chi connectivity index (χ0n) is 7.45. The van der Waals surface area contributed by atoms with Crippen LogP contribution in [0, 0.1) is 0 Å². The third kappa shape index (κ3) is 1.14. The number of hydrogen-bond acceptors (Lipinski definition) is 2. The fraction of sp³-hybridized carbons (Fsp3) is 0.667. The van der Waals surface area contributed by atoms with Crippen LogP contribution in [-0.4, -0.2) is 16.3 Å². The summed E-state index contributed by atoms with van der Waals surface area (Å²) in [5, 5.41) is 4.18. The first-order valence-electron chi connectivity index (χ1n) is 4.46. The summed E-state index contributed by atoms with van der Waals surface area (Å²) in [4.78, 5) is 0. The Labute approximate surface area is 72.6 Å². The molecule has 1 heterocycles. The van der Waals surface area contributed by atoms with Crippen LogP contribution in [0.2, 0.25) is 0 Å². The van der Waals surface area contributed by atoms with Gasteiger partial charge >= 0.3 is 0 Å². The van der Waals surface area contributed by atoms with Crippen LogP contribution in [0.4, 0.5) is 0 Å². The number of nitrogens with two attached hydrogens (primary N) is 1. The maximum Gasteiger partial charge on any atom is 0.0527 e. The molecule has 0 radical (unpaired) electrons. The molecule has 0 amide bonds. The molecule has 0 spiro atoms. The topological polar surface area (TPSA) is 43.8 Å². The van der Waals surface area contributed by atoms with Crippen LogP contribution in [0.15, 0.2) is 12.4 Å². The number of aromatic nitrogens is 2. The van der Waals surface area contributed by atoms with Gasteiger partial charge in [-0.1, -0.05) is 0 Å². The summed E-state index contributed by atoms with van der Waals surface area (Å²) in [6.45, 7) is 0.787. The maximum atomic E-state index is 5.57. The minimum atomic E-state index is 0.406. The number of aryl methyl sites for hydroxylation is 1. The molecule has 0 saturated heterocycles. The van der Waals surface area contributed by atoms with Gasteiger partial charge in [-0.15, -0.1) is 0 Å². The van der Waals surface area contributed by atoms with Gasteiger partial charge in [-0.05, 0) is 36.8 Å². The van der Waals surface area contributed by atoms with E-state index in [1.165, 1.54) is 18.4 Å². The number of hydrogen-bond donors (Lipinski definition) is 1. The SMILES string of the molecule is Cn1cc(C2(CCN)CC2)cn1. The summed E-state index contributed by atoms with van der Waals surface area (Å²) in [7, 11) is 1.96. The molecule has 0 aliphatic heterocycles. The van der Waals surface area contributed by atoms with Crippen LogP contribution < -0.4 is 5.73 Å². The molecule has 12 heavy (non-hydrogen) atoms. The molecule has 2 N–H and O–H groups in total. The van der Waals surface area contributed by atoms with Crippen molar-refractivity contribution in [2.75, 3.05) is 6.54 Å². The van der Waals surface area contributed by atoms with E-state index in [-0.39, 0.29) is 0 Å². The minimum Gasteiger partial charge on any atom is -0.330 e. The van der Waals surface area contributed by atoms with Crippen molar-refractivity contribution in [2.24, 2.45) is 12.8 Å². The summed E-state index contributed by atoms with van der Waals surface area (Å²) in [5.74, 6) is 0. The Kier molecular flexibility index (Phi) is 1.68. The van der Waals surface area contributed by atoms with Gasteiger partial charge in [0.2, 0.25) is 0 Å². The Morgan fingerprint density at radius 2 is 2.42 bits per heavy atom. The maximum absolute atomic E-state index is 5.57. The highest BCUT2D eigenvalue weighted by atomic mass is 15.2. The van der Waals surface area contributed by atoms with Crippen LogP contribution in [-0.2, 0) is 12.5 Å². The third-order valence-electron chi connectivity index (χ3n) is 2.79. The molecule has 66 valence electrons. The second-order valence-electron chi connectivity index (χ2n) is 3.72.